The lowest BCUT2D eigenvalue weighted by molar-refractivity contribution is -0.125. The van der Waals surface area contributed by atoms with Crippen LogP contribution in [0.1, 0.15) is 42.9 Å². The van der Waals surface area contributed by atoms with Gasteiger partial charge in [0.1, 0.15) is 6.04 Å². The van der Waals surface area contributed by atoms with Gasteiger partial charge in [-0.25, -0.2) is 0 Å². The van der Waals surface area contributed by atoms with Crippen LogP contribution in [0, 0.1) is 24.2 Å². The fourth-order valence-electron chi connectivity index (χ4n) is 2.40. The third-order valence-electron chi connectivity index (χ3n) is 3.55. The van der Waals surface area contributed by atoms with Crippen LogP contribution < -0.4 is 5.32 Å². The van der Waals surface area contributed by atoms with Gasteiger partial charge in [0.05, 0.1) is 6.07 Å². The summed E-state index contributed by atoms with van der Waals surface area (Å²) in [6.07, 6.45) is 4.16. The number of carbonyl (C=O) groups excluding carboxylic acids is 1. The second-order valence-electron chi connectivity index (χ2n) is 4.96. The zero-order valence-corrected chi connectivity index (χ0v) is 10.6. The number of aryl methyl sites for hydroxylation is 1. The average molecular weight is 242 g/mol. The molecule has 1 N–H and O–H groups in total. The van der Waals surface area contributed by atoms with E-state index in [1.54, 1.807) is 0 Å². The van der Waals surface area contributed by atoms with Crippen LogP contribution in [0.2, 0.25) is 0 Å². The van der Waals surface area contributed by atoms with Gasteiger partial charge in [-0.05, 0) is 25.3 Å². The largest absolute Gasteiger partial charge is 0.336 e. The van der Waals surface area contributed by atoms with E-state index in [0.717, 1.165) is 36.8 Å². The quantitative estimate of drug-likeness (QED) is 0.886. The van der Waals surface area contributed by atoms with Crippen molar-refractivity contribution in [1.29, 1.82) is 5.26 Å². The Labute approximate surface area is 108 Å². The number of hydrogen-bond acceptors (Lipinski definition) is 2. The summed E-state index contributed by atoms with van der Waals surface area (Å²) in [7, 11) is 0. The number of nitrogens with one attached hydrogen (secondary N) is 1. The monoisotopic (exact) mass is 242 g/mol. The van der Waals surface area contributed by atoms with E-state index in [-0.39, 0.29) is 11.8 Å². The van der Waals surface area contributed by atoms with Crippen LogP contribution in [-0.4, -0.2) is 5.91 Å². The number of nitriles is 1. The molecular weight excluding hydrogens is 224 g/mol. The zero-order valence-electron chi connectivity index (χ0n) is 10.6. The highest BCUT2D eigenvalue weighted by Gasteiger charge is 2.25. The first kappa shape index (κ1) is 12.6. The lowest BCUT2D eigenvalue weighted by atomic mass is 10.0. The summed E-state index contributed by atoms with van der Waals surface area (Å²) in [6, 6.07) is 9.35. The second kappa shape index (κ2) is 5.68. The van der Waals surface area contributed by atoms with Gasteiger partial charge in [-0.2, -0.15) is 5.26 Å². The molecule has 0 aromatic heterocycles. The highest BCUT2D eigenvalue weighted by Crippen LogP contribution is 2.25. The first-order chi connectivity index (χ1) is 8.70. The molecule has 3 heteroatoms. The maximum Gasteiger partial charge on any atom is 0.224 e. The standard InChI is InChI=1S/C15H18N2O/c1-11-6-8-12(9-7-11)14(10-16)17-15(18)13-4-2-3-5-13/h6-9,13-14H,2-5H2,1H3,(H,17,18). The minimum Gasteiger partial charge on any atom is -0.336 e. The Kier molecular flexibility index (Phi) is 3.99. The van der Waals surface area contributed by atoms with E-state index in [2.05, 4.69) is 11.4 Å². The predicted octanol–water partition coefficient (Wildman–Crippen LogP) is 2.87. The van der Waals surface area contributed by atoms with Crippen molar-refractivity contribution in [3.8, 4) is 6.07 Å². The molecule has 0 aliphatic heterocycles. The summed E-state index contributed by atoms with van der Waals surface area (Å²) < 4.78 is 0. The lowest BCUT2D eigenvalue weighted by Crippen LogP contribution is -2.32. The molecule has 1 aromatic rings. The molecule has 1 atom stereocenters. The minimum atomic E-state index is -0.529. The second-order valence-corrected chi connectivity index (χ2v) is 4.96. The van der Waals surface area contributed by atoms with Crippen molar-refractivity contribution < 1.29 is 4.79 Å². The van der Waals surface area contributed by atoms with Crippen molar-refractivity contribution >= 4 is 5.91 Å². The van der Waals surface area contributed by atoms with E-state index in [0.29, 0.717) is 0 Å². The van der Waals surface area contributed by atoms with Gasteiger partial charge >= 0.3 is 0 Å². The predicted molar refractivity (Wildman–Crippen MR) is 69.6 cm³/mol. The molecule has 0 bridgehead atoms. The third kappa shape index (κ3) is 2.89. The van der Waals surface area contributed by atoms with Crippen molar-refractivity contribution in [2.24, 2.45) is 5.92 Å². The molecule has 0 heterocycles. The molecule has 1 aromatic carbocycles. The first-order valence-electron chi connectivity index (χ1n) is 6.47. The normalized spacial score (nSPS) is 17.1. The van der Waals surface area contributed by atoms with E-state index in [1.165, 1.54) is 0 Å². The fourth-order valence-corrected chi connectivity index (χ4v) is 2.40. The van der Waals surface area contributed by atoms with Gasteiger partial charge in [-0.3, -0.25) is 4.79 Å². The van der Waals surface area contributed by atoms with Gasteiger partial charge < -0.3 is 5.32 Å². The van der Waals surface area contributed by atoms with E-state index >= 15 is 0 Å². The van der Waals surface area contributed by atoms with Gasteiger partial charge in [-0.15, -0.1) is 0 Å². The van der Waals surface area contributed by atoms with Crippen LogP contribution in [0.4, 0.5) is 0 Å². The summed E-state index contributed by atoms with van der Waals surface area (Å²) >= 11 is 0. The van der Waals surface area contributed by atoms with Crippen molar-refractivity contribution in [2.45, 2.75) is 38.6 Å². The zero-order chi connectivity index (χ0) is 13.0. The number of carbonyl (C=O) groups is 1. The van der Waals surface area contributed by atoms with Crippen LogP contribution in [-0.2, 0) is 4.79 Å². The molecule has 94 valence electrons. The highest BCUT2D eigenvalue weighted by atomic mass is 16.1. The molecule has 3 nitrogen and oxygen atoms in total. The molecule has 0 saturated heterocycles. The Balaban J connectivity index is 2.03. The number of rotatable bonds is 3. The fraction of sp³-hybridized carbons (Fsp3) is 0.467. The van der Waals surface area contributed by atoms with Gasteiger partial charge in [0.2, 0.25) is 5.91 Å². The summed E-state index contributed by atoms with van der Waals surface area (Å²) in [4.78, 5) is 12.0. The summed E-state index contributed by atoms with van der Waals surface area (Å²) in [5.41, 5.74) is 2.01. The smallest absolute Gasteiger partial charge is 0.224 e. The molecular formula is C15H18N2O. The van der Waals surface area contributed by atoms with Crippen molar-refractivity contribution in [1.82, 2.24) is 5.32 Å². The Hall–Kier alpha value is -1.82. The van der Waals surface area contributed by atoms with E-state index in [9.17, 15) is 10.1 Å². The van der Waals surface area contributed by atoms with Gasteiger partial charge in [0.25, 0.3) is 0 Å². The average Bonchev–Trinajstić information content (AvgIpc) is 2.91. The molecule has 1 aliphatic rings. The van der Waals surface area contributed by atoms with Crippen LogP contribution in [0.15, 0.2) is 24.3 Å². The Morgan fingerprint density at radius 2 is 1.94 bits per heavy atom. The molecule has 0 radical (unpaired) electrons. The Morgan fingerprint density at radius 1 is 1.33 bits per heavy atom. The lowest BCUT2D eigenvalue weighted by Gasteiger charge is -2.15. The molecule has 0 spiro atoms. The van der Waals surface area contributed by atoms with E-state index < -0.39 is 6.04 Å². The van der Waals surface area contributed by atoms with Crippen molar-refractivity contribution in [2.75, 3.05) is 0 Å². The SMILES string of the molecule is Cc1ccc(C(C#N)NC(=O)C2CCCC2)cc1. The maximum atomic E-state index is 12.0. The van der Waals surface area contributed by atoms with Crippen LogP contribution in [0.3, 0.4) is 0 Å². The molecule has 1 unspecified atom stereocenters. The summed E-state index contributed by atoms with van der Waals surface area (Å²) in [5, 5.41) is 12.0. The molecule has 1 amide bonds. The topological polar surface area (TPSA) is 52.9 Å². The third-order valence-corrected chi connectivity index (χ3v) is 3.55. The van der Waals surface area contributed by atoms with Crippen LogP contribution >= 0.6 is 0 Å². The van der Waals surface area contributed by atoms with Crippen molar-refractivity contribution in [3.63, 3.8) is 0 Å². The van der Waals surface area contributed by atoms with Crippen LogP contribution in [0.5, 0.6) is 0 Å². The van der Waals surface area contributed by atoms with E-state index in [4.69, 9.17) is 0 Å². The van der Waals surface area contributed by atoms with Crippen molar-refractivity contribution in [3.05, 3.63) is 35.4 Å². The Bertz CT molecular complexity index is 452. The van der Waals surface area contributed by atoms with Gasteiger partial charge in [0.15, 0.2) is 0 Å². The maximum absolute atomic E-state index is 12.0. The number of amides is 1. The molecule has 1 saturated carbocycles. The Morgan fingerprint density at radius 3 is 2.50 bits per heavy atom. The summed E-state index contributed by atoms with van der Waals surface area (Å²) in [6.45, 7) is 2.00. The molecule has 18 heavy (non-hydrogen) atoms. The highest BCUT2D eigenvalue weighted by molar-refractivity contribution is 5.79. The number of benzene rings is 1. The summed E-state index contributed by atoms with van der Waals surface area (Å²) in [5.74, 6) is 0.130. The first-order valence-corrected chi connectivity index (χ1v) is 6.47. The van der Waals surface area contributed by atoms with Gasteiger partial charge in [0, 0.05) is 5.92 Å². The number of nitrogens with zero attached hydrogens (tertiary/aromatic N) is 1. The van der Waals surface area contributed by atoms with Crippen LogP contribution in [0.25, 0.3) is 0 Å². The molecule has 1 fully saturated rings. The number of hydrogen-bond donors (Lipinski definition) is 1. The van der Waals surface area contributed by atoms with Gasteiger partial charge in [-0.1, -0.05) is 42.7 Å². The molecule has 1 aliphatic carbocycles. The van der Waals surface area contributed by atoms with E-state index in [1.807, 2.05) is 31.2 Å². The molecule has 2 rings (SSSR count). The minimum absolute atomic E-state index is 0.0274.